The van der Waals surface area contributed by atoms with Gasteiger partial charge in [-0.15, -0.1) is 0 Å². The molecule has 0 unspecified atom stereocenters. The second kappa shape index (κ2) is 7.62. The number of hydrogen-bond donors (Lipinski definition) is 1. The van der Waals surface area contributed by atoms with Crippen molar-refractivity contribution in [2.24, 2.45) is 0 Å². The number of unbranched alkanes of at least 4 members (excludes halogenated alkanes) is 1. The van der Waals surface area contributed by atoms with E-state index >= 15 is 0 Å². The van der Waals surface area contributed by atoms with Crippen molar-refractivity contribution in [3.63, 3.8) is 0 Å². The van der Waals surface area contributed by atoms with Crippen molar-refractivity contribution < 1.29 is 4.79 Å². The van der Waals surface area contributed by atoms with Crippen LogP contribution in [-0.2, 0) is 24.2 Å². The summed E-state index contributed by atoms with van der Waals surface area (Å²) in [4.78, 5) is 21.0. The van der Waals surface area contributed by atoms with E-state index in [2.05, 4.69) is 41.2 Å². The summed E-state index contributed by atoms with van der Waals surface area (Å²) in [5.41, 5.74) is 2.41. The number of likely N-dealkylation sites (N-methyl/N-ethyl adjacent to an activating group) is 1. The van der Waals surface area contributed by atoms with Gasteiger partial charge in [0.15, 0.2) is 0 Å². The molecule has 112 valence electrons. The molecule has 1 aromatic carbocycles. The van der Waals surface area contributed by atoms with Crippen LogP contribution in [0.25, 0.3) is 0 Å². The van der Waals surface area contributed by atoms with Crippen molar-refractivity contribution in [1.82, 2.24) is 14.9 Å². The maximum absolute atomic E-state index is 12.2. The Morgan fingerprint density at radius 1 is 1.24 bits per heavy atom. The van der Waals surface area contributed by atoms with Crippen LogP contribution >= 0.6 is 0 Å². The molecule has 4 heteroatoms. The van der Waals surface area contributed by atoms with Crippen molar-refractivity contribution in [1.29, 1.82) is 0 Å². The summed E-state index contributed by atoms with van der Waals surface area (Å²) in [6.45, 7) is 2.71. The minimum Gasteiger partial charge on any atom is -0.347 e. The van der Waals surface area contributed by atoms with Crippen LogP contribution in [0.4, 0.5) is 0 Å². The molecule has 1 amide bonds. The van der Waals surface area contributed by atoms with E-state index in [0.29, 0.717) is 13.0 Å². The number of amides is 1. The first-order valence-electron chi connectivity index (χ1n) is 7.49. The Morgan fingerprint density at radius 3 is 2.57 bits per heavy atom. The zero-order chi connectivity index (χ0) is 15.1. The maximum atomic E-state index is 12.2. The van der Waals surface area contributed by atoms with Gasteiger partial charge in [-0.25, -0.2) is 4.98 Å². The summed E-state index contributed by atoms with van der Waals surface area (Å²) < 4.78 is 0. The average Bonchev–Trinajstić information content (AvgIpc) is 2.99. The summed E-state index contributed by atoms with van der Waals surface area (Å²) >= 11 is 0. The fraction of sp³-hybridized carbons (Fsp3) is 0.412. The molecule has 1 heterocycles. The van der Waals surface area contributed by atoms with Crippen molar-refractivity contribution in [2.45, 2.75) is 39.2 Å². The zero-order valence-corrected chi connectivity index (χ0v) is 12.8. The number of aromatic nitrogens is 2. The Labute approximate surface area is 126 Å². The number of aryl methyl sites for hydroxylation is 1. The van der Waals surface area contributed by atoms with Gasteiger partial charge in [-0.1, -0.05) is 37.6 Å². The van der Waals surface area contributed by atoms with Gasteiger partial charge in [0.25, 0.3) is 0 Å². The second-order valence-electron chi connectivity index (χ2n) is 5.38. The molecule has 0 saturated heterocycles. The first-order valence-corrected chi connectivity index (χ1v) is 7.49. The van der Waals surface area contributed by atoms with Gasteiger partial charge >= 0.3 is 0 Å². The third-order valence-corrected chi connectivity index (χ3v) is 3.56. The highest BCUT2D eigenvalue weighted by Crippen LogP contribution is 2.10. The van der Waals surface area contributed by atoms with Gasteiger partial charge in [0, 0.05) is 19.4 Å². The number of aromatic amines is 1. The largest absolute Gasteiger partial charge is 0.347 e. The molecule has 0 radical (unpaired) electrons. The van der Waals surface area contributed by atoms with Gasteiger partial charge in [0.1, 0.15) is 5.82 Å². The number of benzene rings is 1. The lowest BCUT2D eigenvalue weighted by molar-refractivity contribution is -0.129. The first kappa shape index (κ1) is 15.3. The number of nitrogens with one attached hydrogen (secondary N) is 1. The molecule has 0 atom stereocenters. The summed E-state index contributed by atoms with van der Waals surface area (Å²) in [6, 6.07) is 8.38. The number of nitrogens with zero attached hydrogens (tertiary/aromatic N) is 2. The molecule has 0 saturated carbocycles. The molecule has 1 N–H and O–H groups in total. The van der Waals surface area contributed by atoms with Crippen LogP contribution in [0.1, 0.15) is 36.7 Å². The van der Waals surface area contributed by atoms with E-state index in [1.165, 1.54) is 18.4 Å². The standard InChI is InChI=1S/C17H23N3O/c1-3-4-5-14-6-8-15(9-7-14)12-17(21)20(2)13-16-18-10-11-19-16/h6-11H,3-5,12-13H2,1-2H3,(H,18,19). The third kappa shape index (κ3) is 4.74. The Morgan fingerprint density at radius 2 is 1.95 bits per heavy atom. The number of imidazole rings is 1. The molecule has 0 spiro atoms. The molecule has 0 fully saturated rings. The molecular formula is C17H23N3O. The molecule has 0 bridgehead atoms. The molecule has 21 heavy (non-hydrogen) atoms. The minimum absolute atomic E-state index is 0.104. The van der Waals surface area contributed by atoms with Crippen molar-refractivity contribution in [2.75, 3.05) is 7.05 Å². The molecule has 0 aliphatic carbocycles. The van der Waals surface area contributed by atoms with Crippen molar-refractivity contribution in [3.05, 3.63) is 53.6 Å². The number of carbonyl (C=O) groups is 1. The number of rotatable bonds is 7. The maximum Gasteiger partial charge on any atom is 0.227 e. The number of H-pyrrole nitrogens is 1. The Balaban J connectivity index is 1.86. The topological polar surface area (TPSA) is 49.0 Å². The van der Waals surface area contributed by atoms with E-state index in [4.69, 9.17) is 0 Å². The van der Waals surface area contributed by atoms with E-state index in [1.54, 1.807) is 24.3 Å². The molecule has 4 nitrogen and oxygen atoms in total. The molecule has 0 aliphatic rings. The molecule has 2 aromatic rings. The smallest absolute Gasteiger partial charge is 0.227 e. The predicted molar refractivity (Wildman–Crippen MR) is 83.8 cm³/mol. The Hall–Kier alpha value is -2.10. The van der Waals surface area contributed by atoms with Crippen LogP contribution < -0.4 is 0 Å². The van der Waals surface area contributed by atoms with Crippen LogP contribution in [0.2, 0.25) is 0 Å². The van der Waals surface area contributed by atoms with Gasteiger partial charge < -0.3 is 9.88 Å². The van der Waals surface area contributed by atoms with E-state index in [1.807, 2.05) is 0 Å². The Bertz CT molecular complexity index is 546. The van der Waals surface area contributed by atoms with E-state index in [-0.39, 0.29) is 5.91 Å². The molecular weight excluding hydrogens is 262 g/mol. The van der Waals surface area contributed by atoms with E-state index in [9.17, 15) is 4.79 Å². The van der Waals surface area contributed by atoms with Crippen LogP contribution in [0.5, 0.6) is 0 Å². The lowest BCUT2D eigenvalue weighted by Crippen LogP contribution is -2.28. The summed E-state index contributed by atoms with van der Waals surface area (Å²) in [5, 5.41) is 0. The SMILES string of the molecule is CCCCc1ccc(CC(=O)N(C)Cc2ncc[nH]2)cc1. The summed E-state index contributed by atoms with van der Waals surface area (Å²) in [7, 11) is 1.81. The monoisotopic (exact) mass is 285 g/mol. The van der Waals surface area contributed by atoms with Crippen molar-refractivity contribution >= 4 is 5.91 Å². The quantitative estimate of drug-likeness (QED) is 0.850. The molecule has 1 aromatic heterocycles. The van der Waals surface area contributed by atoms with Crippen LogP contribution in [0.3, 0.4) is 0 Å². The fourth-order valence-corrected chi connectivity index (χ4v) is 2.21. The highest BCUT2D eigenvalue weighted by molar-refractivity contribution is 5.78. The second-order valence-corrected chi connectivity index (χ2v) is 5.38. The van der Waals surface area contributed by atoms with Crippen LogP contribution in [0, 0.1) is 0 Å². The number of hydrogen-bond acceptors (Lipinski definition) is 2. The van der Waals surface area contributed by atoms with E-state index in [0.717, 1.165) is 17.8 Å². The van der Waals surface area contributed by atoms with Crippen LogP contribution in [-0.4, -0.2) is 27.8 Å². The minimum atomic E-state index is 0.104. The zero-order valence-electron chi connectivity index (χ0n) is 12.8. The molecule has 0 aliphatic heterocycles. The summed E-state index contributed by atoms with van der Waals surface area (Å²) in [6.07, 6.45) is 7.43. The van der Waals surface area contributed by atoms with Gasteiger partial charge in [-0.3, -0.25) is 4.79 Å². The lowest BCUT2D eigenvalue weighted by atomic mass is 10.0. The highest BCUT2D eigenvalue weighted by Gasteiger charge is 2.11. The predicted octanol–water partition coefficient (Wildman–Crippen LogP) is 2.95. The van der Waals surface area contributed by atoms with Crippen LogP contribution in [0.15, 0.2) is 36.7 Å². The van der Waals surface area contributed by atoms with Gasteiger partial charge in [-0.2, -0.15) is 0 Å². The highest BCUT2D eigenvalue weighted by atomic mass is 16.2. The molecule has 2 rings (SSSR count). The third-order valence-electron chi connectivity index (χ3n) is 3.56. The Kier molecular flexibility index (Phi) is 5.55. The fourth-order valence-electron chi connectivity index (χ4n) is 2.21. The lowest BCUT2D eigenvalue weighted by Gasteiger charge is -2.15. The van der Waals surface area contributed by atoms with Gasteiger partial charge in [-0.05, 0) is 24.0 Å². The van der Waals surface area contributed by atoms with E-state index < -0.39 is 0 Å². The summed E-state index contributed by atoms with van der Waals surface area (Å²) in [5.74, 6) is 0.911. The first-order chi connectivity index (χ1) is 10.2. The average molecular weight is 285 g/mol. The van der Waals surface area contributed by atoms with Crippen molar-refractivity contribution in [3.8, 4) is 0 Å². The van der Waals surface area contributed by atoms with Gasteiger partial charge in [0.05, 0.1) is 13.0 Å². The van der Waals surface area contributed by atoms with Gasteiger partial charge in [0.2, 0.25) is 5.91 Å². The normalized spacial score (nSPS) is 10.6. The number of carbonyl (C=O) groups excluding carboxylic acids is 1.